The van der Waals surface area contributed by atoms with Crippen LogP contribution < -0.4 is 0 Å². The number of piperidine rings is 1. The number of carbonyl (C=O) groups is 1. The Morgan fingerprint density at radius 3 is 2.61 bits per heavy atom. The van der Waals surface area contributed by atoms with Crippen LogP contribution in [0.3, 0.4) is 0 Å². The lowest BCUT2D eigenvalue weighted by molar-refractivity contribution is -0.241. The first-order chi connectivity index (χ1) is 8.47. The molecule has 9 heteroatoms. The Kier molecular flexibility index (Phi) is 3.50. The quantitative estimate of drug-likeness (QED) is 0.863. The van der Waals surface area contributed by atoms with Gasteiger partial charge in [-0.25, -0.2) is 4.79 Å². The zero-order valence-corrected chi connectivity index (χ0v) is 9.28. The van der Waals surface area contributed by atoms with Gasteiger partial charge in [0.15, 0.2) is 0 Å². The molecular weight excluding hydrogens is 253 g/mol. The van der Waals surface area contributed by atoms with Crippen molar-refractivity contribution >= 4 is 5.97 Å². The molecule has 0 saturated carbocycles. The van der Waals surface area contributed by atoms with Crippen LogP contribution in [0, 0.1) is 0 Å². The Balaban J connectivity index is 1.82. The molecule has 2 rings (SSSR count). The maximum Gasteiger partial charge on any atom is 0.492 e. The number of carbonyl (C=O) groups excluding carboxylic acids is 1. The third-order valence-corrected chi connectivity index (χ3v) is 2.75. The molecule has 18 heavy (non-hydrogen) atoms. The van der Waals surface area contributed by atoms with E-state index in [0.717, 1.165) is 10.8 Å². The van der Waals surface area contributed by atoms with Gasteiger partial charge >= 0.3 is 12.1 Å². The van der Waals surface area contributed by atoms with E-state index >= 15 is 0 Å². The van der Waals surface area contributed by atoms with Crippen molar-refractivity contribution in [2.24, 2.45) is 0 Å². The number of aromatic amines is 1. The van der Waals surface area contributed by atoms with Gasteiger partial charge in [0, 0.05) is 19.0 Å². The van der Waals surface area contributed by atoms with Crippen molar-refractivity contribution in [3.63, 3.8) is 0 Å². The molecule has 0 atom stereocenters. The predicted molar refractivity (Wildman–Crippen MR) is 52.1 cm³/mol. The summed E-state index contributed by atoms with van der Waals surface area (Å²) >= 11 is 0. The van der Waals surface area contributed by atoms with Gasteiger partial charge < -0.3 is 4.84 Å². The van der Waals surface area contributed by atoms with E-state index in [-0.39, 0.29) is 19.0 Å². The number of rotatable bonds is 2. The highest BCUT2D eigenvalue weighted by Crippen LogP contribution is 2.27. The number of alkyl halides is 3. The highest BCUT2D eigenvalue weighted by molar-refractivity contribution is 5.75. The molecule has 1 N–H and O–H groups in total. The van der Waals surface area contributed by atoms with Gasteiger partial charge in [-0.05, 0) is 12.8 Å². The van der Waals surface area contributed by atoms with Crippen LogP contribution in [0.1, 0.15) is 24.5 Å². The van der Waals surface area contributed by atoms with Crippen LogP contribution in [0.15, 0.2) is 6.20 Å². The minimum Gasteiger partial charge on any atom is -0.361 e. The predicted octanol–water partition coefficient (Wildman–Crippen LogP) is 1.00. The van der Waals surface area contributed by atoms with Gasteiger partial charge in [-0.3, -0.25) is 0 Å². The average molecular weight is 264 g/mol. The summed E-state index contributed by atoms with van der Waals surface area (Å²) in [6.07, 6.45) is -2.24. The van der Waals surface area contributed by atoms with Gasteiger partial charge in [0.25, 0.3) is 0 Å². The third-order valence-electron chi connectivity index (χ3n) is 2.75. The largest absolute Gasteiger partial charge is 0.492 e. The lowest BCUT2D eigenvalue weighted by Gasteiger charge is -2.29. The second-order valence-electron chi connectivity index (χ2n) is 3.97. The standard InChI is InChI=1S/C9H11F3N4O2/c10-9(11,12)8(17)18-16-3-1-6(2-4-16)7-5-13-15-14-7/h5-6H,1-4H2,(H,13,14,15). The first-order valence-corrected chi connectivity index (χ1v) is 5.36. The van der Waals surface area contributed by atoms with Gasteiger partial charge in [-0.2, -0.15) is 28.6 Å². The Morgan fingerprint density at radius 1 is 1.44 bits per heavy atom. The SMILES string of the molecule is O=C(ON1CCC(c2cn[nH]n2)CC1)C(F)(F)F. The van der Waals surface area contributed by atoms with Crippen molar-refractivity contribution in [2.75, 3.05) is 13.1 Å². The Hall–Kier alpha value is -1.64. The summed E-state index contributed by atoms with van der Waals surface area (Å²) in [7, 11) is 0. The molecule has 1 aromatic rings. The second-order valence-corrected chi connectivity index (χ2v) is 3.97. The first kappa shape index (κ1) is 12.8. The van der Waals surface area contributed by atoms with Crippen molar-refractivity contribution < 1.29 is 22.8 Å². The van der Waals surface area contributed by atoms with Crippen LogP contribution in [0.2, 0.25) is 0 Å². The highest BCUT2D eigenvalue weighted by Gasteiger charge is 2.43. The van der Waals surface area contributed by atoms with Gasteiger partial charge in [0.2, 0.25) is 0 Å². The van der Waals surface area contributed by atoms with Crippen LogP contribution in [0.5, 0.6) is 0 Å². The molecular formula is C9H11F3N4O2. The molecule has 1 fully saturated rings. The number of nitrogens with zero attached hydrogens (tertiary/aromatic N) is 3. The Bertz CT molecular complexity index is 398. The maximum atomic E-state index is 12.0. The molecule has 2 heterocycles. The van der Waals surface area contributed by atoms with Gasteiger partial charge in [-0.15, -0.1) is 5.06 Å². The fourth-order valence-corrected chi connectivity index (χ4v) is 1.82. The topological polar surface area (TPSA) is 71.1 Å². The highest BCUT2D eigenvalue weighted by atomic mass is 19.4. The number of hydrogen-bond donors (Lipinski definition) is 1. The number of nitrogens with one attached hydrogen (secondary N) is 1. The van der Waals surface area contributed by atoms with E-state index in [1.54, 1.807) is 6.20 Å². The monoisotopic (exact) mass is 264 g/mol. The lowest BCUT2D eigenvalue weighted by atomic mass is 9.95. The number of halogens is 3. The first-order valence-electron chi connectivity index (χ1n) is 5.36. The molecule has 0 unspecified atom stereocenters. The van der Waals surface area contributed by atoms with Crippen molar-refractivity contribution in [2.45, 2.75) is 24.9 Å². The average Bonchev–Trinajstić information content (AvgIpc) is 2.82. The van der Waals surface area contributed by atoms with E-state index in [9.17, 15) is 18.0 Å². The summed E-state index contributed by atoms with van der Waals surface area (Å²) in [5, 5.41) is 11.1. The van der Waals surface area contributed by atoms with Crippen LogP contribution in [-0.2, 0) is 9.63 Å². The number of H-pyrrole nitrogens is 1. The van der Waals surface area contributed by atoms with E-state index in [1.807, 2.05) is 0 Å². The molecule has 0 radical (unpaired) electrons. The summed E-state index contributed by atoms with van der Waals surface area (Å²) in [6.45, 7) is 0.499. The number of hydroxylamine groups is 2. The second kappa shape index (κ2) is 4.92. The molecule has 6 nitrogen and oxygen atoms in total. The molecule has 0 spiro atoms. The zero-order chi connectivity index (χ0) is 13.2. The zero-order valence-electron chi connectivity index (χ0n) is 9.28. The molecule has 1 aliphatic heterocycles. The molecule has 0 aromatic carbocycles. The number of aromatic nitrogens is 3. The Labute approximate surface area is 100 Å². The summed E-state index contributed by atoms with van der Waals surface area (Å²) in [6, 6.07) is 0. The maximum absolute atomic E-state index is 12.0. The normalized spacial score (nSPS) is 18.8. The van der Waals surface area contributed by atoms with E-state index in [1.165, 1.54) is 0 Å². The summed E-state index contributed by atoms with van der Waals surface area (Å²) in [5.74, 6) is -2.05. The number of hydrogen-bond acceptors (Lipinski definition) is 5. The molecule has 0 aliphatic carbocycles. The van der Waals surface area contributed by atoms with Gasteiger partial charge in [0.05, 0.1) is 11.9 Å². The van der Waals surface area contributed by atoms with Crippen LogP contribution >= 0.6 is 0 Å². The molecule has 0 bridgehead atoms. The van der Waals surface area contributed by atoms with Crippen molar-refractivity contribution in [1.29, 1.82) is 0 Å². The van der Waals surface area contributed by atoms with Gasteiger partial charge in [-0.1, -0.05) is 0 Å². The van der Waals surface area contributed by atoms with Crippen molar-refractivity contribution in [3.8, 4) is 0 Å². The van der Waals surface area contributed by atoms with E-state index in [2.05, 4.69) is 20.2 Å². The minimum absolute atomic E-state index is 0.129. The third kappa shape index (κ3) is 2.97. The summed E-state index contributed by atoms with van der Waals surface area (Å²) < 4.78 is 35.9. The van der Waals surface area contributed by atoms with Crippen molar-refractivity contribution in [3.05, 3.63) is 11.9 Å². The lowest BCUT2D eigenvalue weighted by Crippen LogP contribution is -2.39. The molecule has 1 aromatic heterocycles. The smallest absolute Gasteiger partial charge is 0.361 e. The van der Waals surface area contributed by atoms with Crippen LogP contribution in [0.4, 0.5) is 13.2 Å². The van der Waals surface area contributed by atoms with Crippen LogP contribution in [-0.4, -0.2) is 45.7 Å². The van der Waals surface area contributed by atoms with Crippen molar-refractivity contribution in [1.82, 2.24) is 20.5 Å². The molecule has 1 aliphatic rings. The van der Waals surface area contributed by atoms with Gasteiger partial charge in [0.1, 0.15) is 0 Å². The fourth-order valence-electron chi connectivity index (χ4n) is 1.82. The summed E-state index contributed by atoms with van der Waals surface area (Å²) in [5.41, 5.74) is 0.775. The molecule has 100 valence electrons. The summed E-state index contributed by atoms with van der Waals surface area (Å²) in [4.78, 5) is 14.9. The molecule has 0 amide bonds. The van der Waals surface area contributed by atoms with Crippen LogP contribution in [0.25, 0.3) is 0 Å². The fraction of sp³-hybridized carbons (Fsp3) is 0.667. The van der Waals surface area contributed by atoms with E-state index in [4.69, 9.17) is 0 Å². The Morgan fingerprint density at radius 2 is 2.11 bits per heavy atom. The van der Waals surface area contributed by atoms with E-state index < -0.39 is 12.1 Å². The minimum atomic E-state index is -4.96. The van der Waals surface area contributed by atoms with E-state index in [0.29, 0.717) is 12.8 Å². The molecule has 1 saturated heterocycles.